The Bertz CT molecular complexity index is 930. The number of amides is 1. The van der Waals surface area contributed by atoms with Crippen LogP contribution in [0.2, 0.25) is 0 Å². The summed E-state index contributed by atoms with van der Waals surface area (Å²) in [4.78, 5) is 18.8. The number of aliphatic hydroxyl groups excluding tert-OH is 2. The summed E-state index contributed by atoms with van der Waals surface area (Å²) in [5.41, 5.74) is 2.46. The second kappa shape index (κ2) is 37.0. The van der Waals surface area contributed by atoms with Crippen LogP contribution in [0.15, 0.2) is 60.7 Å². The van der Waals surface area contributed by atoms with Crippen molar-refractivity contribution in [3.8, 4) is 0 Å². The molecule has 4 atom stereocenters. The Kier molecular flexibility index (Phi) is 40.4. The summed E-state index contributed by atoms with van der Waals surface area (Å²) < 4.78 is 0. The van der Waals surface area contributed by atoms with Gasteiger partial charge in [0.1, 0.15) is 0 Å². The topological polar surface area (TPSA) is 79.3 Å². The molecule has 0 bridgehead atoms. The first-order valence-corrected chi connectivity index (χ1v) is 19.6. The normalized spacial score (nSPS) is 17.3. The zero-order valence-electron chi connectivity index (χ0n) is 35.0. The number of nitrogens with zero attached hydrogens (tertiary/aromatic N) is 3. The fourth-order valence-corrected chi connectivity index (χ4v) is 5.20. The summed E-state index contributed by atoms with van der Waals surface area (Å²) in [5, 5.41) is 22.5. The van der Waals surface area contributed by atoms with Gasteiger partial charge in [0.05, 0.1) is 18.2 Å². The average Bonchev–Trinajstić information content (AvgIpc) is 3.81. The van der Waals surface area contributed by atoms with E-state index in [0.717, 1.165) is 51.1 Å². The molecule has 7 nitrogen and oxygen atoms in total. The van der Waals surface area contributed by atoms with Gasteiger partial charge in [0, 0.05) is 58.3 Å². The summed E-state index contributed by atoms with van der Waals surface area (Å²) in [7, 11) is 3.87. The first kappa shape index (κ1) is 53.5. The Morgan fingerprint density at radius 3 is 1.39 bits per heavy atom. The molecule has 0 aliphatic carbocycles. The lowest BCUT2D eigenvalue weighted by atomic mass is 10.0. The van der Waals surface area contributed by atoms with Crippen molar-refractivity contribution in [2.45, 2.75) is 134 Å². The summed E-state index contributed by atoms with van der Waals surface area (Å²) in [6.45, 7) is 33.0. The number of rotatable bonds is 9. The molecule has 2 aromatic rings. The van der Waals surface area contributed by atoms with E-state index in [2.05, 4.69) is 51.5 Å². The molecule has 0 spiro atoms. The van der Waals surface area contributed by atoms with Crippen molar-refractivity contribution in [2.24, 2.45) is 5.92 Å². The second-order valence-electron chi connectivity index (χ2n) is 10.7. The largest absolute Gasteiger partial charge is 0.392 e. The maximum Gasteiger partial charge on any atom is 0.225 e. The molecule has 4 rings (SSSR count). The predicted molar refractivity (Wildman–Crippen MR) is 217 cm³/mol. The van der Waals surface area contributed by atoms with Crippen LogP contribution in [0.5, 0.6) is 0 Å². The van der Waals surface area contributed by atoms with Gasteiger partial charge in [-0.15, -0.1) is 0 Å². The van der Waals surface area contributed by atoms with Crippen LogP contribution >= 0.6 is 0 Å². The molecule has 1 amide bonds. The van der Waals surface area contributed by atoms with Crippen molar-refractivity contribution in [1.82, 2.24) is 20.0 Å². The standard InChI is InChI=1S/C17H26N2O2.C13H20N2O.6C2H6/c1-13(2)17(21)18(3)16(14-7-5-4-6-8-14)12-19-10-9-15(20)11-19;1-14-13(11-5-3-2-4-6-11)10-15-8-7-12(16)9-15;6*1-2/h4-8,13,15-16,20H,9-12H2,1-3H3;2-6,12-14,16H,7-10H2,1H3;6*1-2H3/t15-,16+;12-,13+;;;;;;/m00....../s1. The molecule has 0 saturated carbocycles. The predicted octanol–water partition coefficient (Wildman–Crippen LogP) is 9.08. The highest BCUT2D eigenvalue weighted by Crippen LogP contribution is 2.24. The van der Waals surface area contributed by atoms with Gasteiger partial charge in [0.2, 0.25) is 5.91 Å². The van der Waals surface area contributed by atoms with E-state index in [1.165, 1.54) is 5.56 Å². The molecule has 49 heavy (non-hydrogen) atoms. The van der Waals surface area contributed by atoms with Gasteiger partial charge >= 0.3 is 0 Å². The highest BCUT2D eigenvalue weighted by atomic mass is 16.3. The van der Waals surface area contributed by atoms with Crippen LogP contribution < -0.4 is 5.32 Å². The molecule has 0 unspecified atom stereocenters. The van der Waals surface area contributed by atoms with Crippen molar-refractivity contribution < 1.29 is 15.0 Å². The minimum absolute atomic E-state index is 0.00891. The van der Waals surface area contributed by atoms with E-state index in [1.54, 1.807) is 0 Å². The molecule has 2 heterocycles. The van der Waals surface area contributed by atoms with E-state index in [-0.39, 0.29) is 30.1 Å². The lowest BCUT2D eigenvalue weighted by Gasteiger charge is -2.33. The van der Waals surface area contributed by atoms with E-state index in [1.807, 2.05) is 140 Å². The Hall–Kier alpha value is -2.29. The van der Waals surface area contributed by atoms with E-state index in [0.29, 0.717) is 12.6 Å². The van der Waals surface area contributed by atoms with Crippen LogP contribution in [0.4, 0.5) is 0 Å². The van der Waals surface area contributed by atoms with Crippen LogP contribution in [0.25, 0.3) is 0 Å². The minimum atomic E-state index is -0.229. The van der Waals surface area contributed by atoms with Gasteiger partial charge in [-0.2, -0.15) is 0 Å². The number of carbonyl (C=O) groups excluding carboxylic acids is 1. The highest BCUT2D eigenvalue weighted by molar-refractivity contribution is 5.78. The van der Waals surface area contributed by atoms with Crippen molar-refractivity contribution >= 4 is 5.91 Å². The number of likely N-dealkylation sites (N-methyl/N-ethyl adjacent to an activating group) is 2. The Morgan fingerprint density at radius 2 is 1.06 bits per heavy atom. The fourth-order valence-electron chi connectivity index (χ4n) is 5.20. The molecule has 2 fully saturated rings. The van der Waals surface area contributed by atoms with E-state index < -0.39 is 0 Å². The van der Waals surface area contributed by atoms with Gasteiger partial charge in [-0.1, -0.05) is 158 Å². The van der Waals surface area contributed by atoms with Gasteiger partial charge in [0.15, 0.2) is 0 Å². The van der Waals surface area contributed by atoms with Gasteiger partial charge in [0.25, 0.3) is 0 Å². The average molecular weight is 691 g/mol. The van der Waals surface area contributed by atoms with Crippen LogP contribution in [0.3, 0.4) is 0 Å². The van der Waals surface area contributed by atoms with Crippen LogP contribution in [-0.2, 0) is 4.79 Å². The molecular weight excluding hydrogens is 608 g/mol. The molecule has 288 valence electrons. The van der Waals surface area contributed by atoms with Crippen molar-refractivity contribution in [3.05, 3.63) is 71.8 Å². The quantitative estimate of drug-likeness (QED) is 0.244. The summed E-state index contributed by atoms with van der Waals surface area (Å²) in [5.74, 6) is 0.147. The summed E-state index contributed by atoms with van der Waals surface area (Å²) in [6, 6.07) is 21.0. The molecule has 0 aromatic heterocycles. The van der Waals surface area contributed by atoms with Gasteiger partial charge < -0.3 is 20.4 Å². The smallest absolute Gasteiger partial charge is 0.225 e. The number of benzene rings is 2. The van der Waals surface area contributed by atoms with E-state index >= 15 is 0 Å². The number of carbonyl (C=O) groups is 1. The maximum absolute atomic E-state index is 12.4. The second-order valence-corrected chi connectivity index (χ2v) is 10.7. The van der Waals surface area contributed by atoms with Gasteiger partial charge in [-0.3, -0.25) is 14.6 Å². The molecule has 3 N–H and O–H groups in total. The van der Waals surface area contributed by atoms with Crippen molar-refractivity contribution in [2.75, 3.05) is 53.4 Å². The Labute approximate surface area is 305 Å². The number of hydrogen-bond donors (Lipinski definition) is 3. The fraction of sp³-hybridized carbons (Fsp3) is 0.690. The molecule has 2 aromatic carbocycles. The van der Waals surface area contributed by atoms with Gasteiger partial charge in [-0.25, -0.2) is 0 Å². The van der Waals surface area contributed by atoms with E-state index in [4.69, 9.17) is 0 Å². The monoisotopic (exact) mass is 691 g/mol. The lowest BCUT2D eigenvalue weighted by molar-refractivity contribution is -0.135. The van der Waals surface area contributed by atoms with Crippen molar-refractivity contribution in [1.29, 1.82) is 0 Å². The Morgan fingerprint density at radius 1 is 0.694 bits per heavy atom. The zero-order chi connectivity index (χ0) is 38.8. The number of β-amino-alcohol motifs (C(OH)–C–C–N with tert-alkyl or cyclic N) is 2. The highest BCUT2D eigenvalue weighted by Gasteiger charge is 2.29. The first-order chi connectivity index (χ1) is 23.8. The third-order valence-electron chi connectivity index (χ3n) is 7.41. The van der Waals surface area contributed by atoms with Gasteiger partial charge in [-0.05, 0) is 31.0 Å². The number of nitrogens with one attached hydrogen (secondary N) is 1. The maximum atomic E-state index is 12.4. The molecule has 0 radical (unpaired) electrons. The molecule has 2 aliphatic rings. The third kappa shape index (κ3) is 22.9. The zero-order valence-corrected chi connectivity index (χ0v) is 35.0. The molecule has 7 heteroatoms. The number of aliphatic hydroxyl groups is 2. The van der Waals surface area contributed by atoms with Crippen molar-refractivity contribution in [3.63, 3.8) is 0 Å². The molecular formula is C42H82N4O3. The van der Waals surface area contributed by atoms with E-state index in [9.17, 15) is 15.0 Å². The lowest BCUT2D eigenvalue weighted by Crippen LogP contribution is -2.40. The number of likely N-dealkylation sites (tertiary alicyclic amines) is 2. The Balaban J connectivity index is -0.000000321. The van der Waals surface area contributed by atoms with Crippen LogP contribution in [0.1, 0.15) is 133 Å². The first-order valence-electron chi connectivity index (χ1n) is 19.6. The summed E-state index contributed by atoms with van der Waals surface area (Å²) in [6.07, 6.45) is 1.37. The van der Waals surface area contributed by atoms with Crippen LogP contribution in [0, 0.1) is 5.92 Å². The molecule has 2 saturated heterocycles. The third-order valence-corrected chi connectivity index (χ3v) is 7.41. The van der Waals surface area contributed by atoms with Crippen LogP contribution in [-0.4, -0.2) is 96.4 Å². The SMILES string of the molecule is CC.CC.CC.CC.CC.CC.CC(C)C(=O)N(C)[C@H](CN1CC[C@H](O)C1)c1ccccc1.CN[C@H](CN1CC[C@H](O)C1)c1ccccc1. The summed E-state index contributed by atoms with van der Waals surface area (Å²) >= 11 is 0. The molecule has 2 aliphatic heterocycles. The number of hydrogen-bond acceptors (Lipinski definition) is 6. The minimum Gasteiger partial charge on any atom is -0.392 e.